The average molecular weight is 384 g/mol. The molecule has 1 fully saturated rings. The third kappa shape index (κ3) is 3.83. The predicted octanol–water partition coefficient (Wildman–Crippen LogP) is 2.50. The van der Waals surface area contributed by atoms with Crippen LogP contribution in [0, 0.1) is 5.92 Å². The first-order valence-corrected chi connectivity index (χ1v) is 12.6. The Balaban J connectivity index is 2.02. The first-order valence-electron chi connectivity index (χ1n) is 7.82. The second-order valence-electron chi connectivity index (χ2n) is 7.47. The van der Waals surface area contributed by atoms with E-state index >= 15 is 0 Å². The summed E-state index contributed by atoms with van der Waals surface area (Å²) in [5.74, 6) is 0.142. The number of nitrogens with one attached hydrogen (secondary N) is 1. The van der Waals surface area contributed by atoms with Gasteiger partial charge < -0.3 is 0 Å². The van der Waals surface area contributed by atoms with Gasteiger partial charge in [-0.3, -0.25) is 0 Å². The minimum absolute atomic E-state index is 0.00525. The van der Waals surface area contributed by atoms with E-state index < -0.39 is 8.32 Å². The van der Waals surface area contributed by atoms with Crippen molar-refractivity contribution in [2.24, 2.45) is 5.92 Å². The third-order valence-corrected chi connectivity index (χ3v) is 11.8. The van der Waals surface area contributed by atoms with Crippen molar-refractivity contribution in [3.05, 3.63) is 30.3 Å². The molecule has 1 saturated heterocycles. The Kier molecular flexibility index (Phi) is 5.22. The number of carbonyl (C=O) groups is 1. The Hall–Kier alpha value is -0.614. The van der Waals surface area contributed by atoms with E-state index in [0.717, 1.165) is 0 Å². The number of hydrogen-bond acceptors (Lipinski definition) is 2. The zero-order chi connectivity index (χ0) is 16.5. The second-order valence-corrected chi connectivity index (χ2v) is 14.8. The summed E-state index contributed by atoms with van der Waals surface area (Å²) in [6.07, 6.45) is -0.00905. The maximum atomic E-state index is 12.0. The van der Waals surface area contributed by atoms with E-state index in [-0.39, 0.29) is 42.9 Å². The first kappa shape index (κ1) is 17.7. The molecule has 0 bridgehead atoms. The molecule has 1 aromatic rings. The number of benzene rings is 1. The Morgan fingerprint density at radius 3 is 2.32 bits per heavy atom. The third-order valence-electron chi connectivity index (χ3n) is 4.71. The average Bonchev–Trinajstić information content (AvgIpc) is 2.36. The SMILES string of the molecule is C[C@@H](O[Si](C)(C)C(C)(C)C)[C@H]1C(=O)N[C@@H]1[Se]c1ccccc1. The van der Waals surface area contributed by atoms with Crippen LogP contribution in [0.3, 0.4) is 0 Å². The van der Waals surface area contributed by atoms with Crippen LogP contribution in [0.2, 0.25) is 18.1 Å². The molecule has 22 heavy (non-hydrogen) atoms. The Morgan fingerprint density at radius 2 is 1.82 bits per heavy atom. The van der Waals surface area contributed by atoms with Crippen LogP contribution < -0.4 is 9.78 Å². The molecule has 1 aromatic carbocycles. The topological polar surface area (TPSA) is 38.3 Å². The molecule has 0 saturated carbocycles. The van der Waals surface area contributed by atoms with Gasteiger partial charge in [-0.05, 0) is 0 Å². The summed E-state index contributed by atoms with van der Waals surface area (Å²) in [5.41, 5.74) is 0. The summed E-state index contributed by atoms with van der Waals surface area (Å²) in [6, 6.07) is 10.4. The fourth-order valence-electron chi connectivity index (χ4n) is 2.29. The van der Waals surface area contributed by atoms with E-state index in [4.69, 9.17) is 4.43 Å². The molecule has 1 amide bonds. The number of hydrogen-bond donors (Lipinski definition) is 1. The van der Waals surface area contributed by atoms with Crippen molar-refractivity contribution in [2.45, 2.75) is 56.9 Å². The fourth-order valence-corrected chi connectivity index (χ4v) is 6.39. The van der Waals surface area contributed by atoms with Gasteiger partial charge in [-0.15, -0.1) is 0 Å². The molecule has 3 atom stereocenters. The van der Waals surface area contributed by atoms with E-state index in [9.17, 15) is 4.79 Å². The van der Waals surface area contributed by atoms with Gasteiger partial charge in [0, 0.05) is 0 Å². The molecule has 1 aliphatic heterocycles. The Labute approximate surface area is 141 Å². The summed E-state index contributed by atoms with van der Waals surface area (Å²) in [5, 5.41) is 3.24. The van der Waals surface area contributed by atoms with Crippen molar-refractivity contribution in [3.8, 4) is 0 Å². The molecule has 0 spiro atoms. The molecular formula is C17H27NO2SeSi. The van der Waals surface area contributed by atoms with Crippen LogP contribution >= 0.6 is 0 Å². The number of rotatable bonds is 5. The van der Waals surface area contributed by atoms with Crippen molar-refractivity contribution in [1.29, 1.82) is 0 Å². The molecule has 0 radical (unpaired) electrons. The summed E-state index contributed by atoms with van der Waals surface area (Å²) in [4.78, 5) is 12.3. The van der Waals surface area contributed by atoms with Gasteiger partial charge in [-0.25, -0.2) is 0 Å². The molecule has 3 nitrogen and oxygen atoms in total. The van der Waals surface area contributed by atoms with Crippen LogP contribution in [0.4, 0.5) is 0 Å². The molecule has 0 aliphatic carbocycles. The van der Waals surface area contributed by atoms with Gasteiger partial charge in [0.1, 0.15) is 0 Å². The molecule has 5 heteroatoms. The molecule has 0 aromatic heterocycles. The van der Waals surface area contributed by atoms with Gasteiger partial charge in [0.15, 0.2) is 0 Å². The van der Waals surface area contributed by atoms with Crippen LogP contribution in [0.15, 0.2) is 30.3 Å². The van der Waals surface area contributed by atoms with Crippen molar-refractivity contribution in [1.82, 2.24) is 5.32 Å². The van der Waals surface area contributed by atoms with Crippen LogP contribution in [0.25, 0.3) is 0 Å². The Bertz CT molecular complexity index is 527. The summed E-state index contributed by atoms with van der Waals surface area (Å²) in [6.45, 7) is 13.3. The zero-order valence-electron chi connectivity index (χ0n) is 14.3. The molecule has 1 heterocycles. The standard InChI is InChI=1S/C17H27NO2SeSi/c1-12(20-22(5,6)17(2,3)4)14-15(19)18-16(14)21-13-10-8-7-9-11-13/h7-12,14,16H,1-6H3,(H,18,19)/t12-,14+,16-/m1/s1. The normalized spacial score (nSPS) is 23.6. The molecular weight excluding hydrogens is 357 g/mol. The van der Waals surface area contributed by atoms with E-state index in [2.05, 4.69) is 70.4 Å². The molecule has 1 aliphatic rings. The summed E-state index contributed by atoms with van der Waals surface area (Å²) >= 11 is 0.255. The molecule has 0 unspecified atom stereocenters. The van der Waals surface area contributed by atoms with Crippen molar-refractivity contribution < 1.29 is 9.22 Å². The van der Waals surface area contributed by atoms with Gasteiger partial charge in [0.2, 0.25) is 0 Å². The monoisotopic (exact) mass is 385 g/mol. The van der Waals surface area contributed by atoms with Gasteiger partial charge in [0.25, 0.3) is 0 Å². The van der Waals surface area contributed by atoms with E-state index in [1.807, 2.05) is 6.07 Å². The molecule has 122 valence electrons. The number of carbonyl (C=O) groups excluding carboxylic acids is 1. The summed E-state index contributed by atoms with van der Waals surface area (Å²) < 4.78 is 7.76. The quantitative estimate of drug-likeness (QED) is 0.626. The van der Waals surface area contributed by atoms with Crippen LogP contribution in [0.1, 0.15) is 27.7 Å². The van der Waals surface area contributed by atoms with Crippen molar-refractivity contribution in [3.63, 3.8) is 0 Å². The predicted molar refractivity (Wildman–Crippen MR) is 95.0 cm³/mol. The van der Waals surface area contributed by atoms with Gasteiger partial charge in [-0.2, -0.15) is 0 Å². The van der Waals surface area contributed by atoms with Crippen molar-refractivity contribution >= 4 is 33.6 Å². The van der Waals surface area contributed by atoms with E-state index in [1.54, 1.807) is 0 Å². The van der Waals surface area contributed by atoms with Crippen molar-refractivity contribution in [2.75, 3.05) is 0 Å². The van der Waals surface area contributed by atoms with Gasteiger partial charge >= 0.3 is 141 Å². The number of β-lactam (4-membered cyclic amide) rings is 1. The fraction of sp³-hybridized carbons (Fsp3) is 0.588. The van der Waals surface area contributed by atoms with Crippen LogP contribution in [-0.2, 0) is 9.22 Å². The molecule has 2 rings (SSSR count). The van der Waals surface area contributed by atoms with Crippen LogP contribution in [0.5, 0.6) is 0 Å². The number of amides is 1. The van der Waals surface area contributed by atoms with Gasteiger partial charge in [0.05, 0.1) is 0 Å². The first-order chi connectivity index (χ1) is 10.1. The minimum atomic E-state index is -1.84. The maximum absolute atomic E-state index is 12.0. The van der Waals surface area contributed by atoms with E-state index in [0.29, 0.717) is 0 Å². The molecule has 1 N–H and O–H groups in total. The Morgan fingerprint density at radius 1 is 1.23 bits per heavy atom. The zero-order valence-corrected chi connectivity index (χ0v) is 17.1. The van der Waals surface area contributed by atoms with E-state index in [1.165, 1.54) is 4.46 Å². The van der Waals surface area contributed by atoms with Crippen LogP contribution in [-0.4, -0.2) is 40.2 Å². The van der Waals surface area contributed by atoms with Gasteiger partial charge in [-0.1, -0.05) is 0 Å². The summed E-state index contributed by atoms with van der Waals surface area (Å²) in [7, 11) is -1.84. The second kappa shape index (κ2) is 6.48.